The average Bonchev–Trinajstić information content (AvgIpc) is 2.49. The van der Waals surface area contributed by atoms with Gasteiger partial charge in [0.15, 0.2) is 0 Å². The smallest absolute Gasteiger partial charge is 0.241 e. The molecule has 0 spiro atoms. The van der Waals surface area contributed by atoms with Crippen LogP contribution in [0, 0.1) is 3.57 Å². The summed E-state index contributed by atoms with van der Waals surface area (Å²) in [6.07, 6.45) is 0. The number of benzene rings is 1. The van der Waals surface area contributed by atoms with Crippen molar-refractivity contribution in [2.24, 2.45) is 0 Å². The Morgan fingerprint density at radius 3 is 2.45 bits per heavy atom. The molecule has 0 unspecified atom stereocenters. The van der Waals surface area contributed by atoms with Gasteiger partial charge in [0.2, 0.25) is 11.8 Å². The zero-order valence-corrected chi connectivity index (χ0v) is 15.0. The number of hydrogen-bond donors (Lipinski definition) is 2. The molecule has 1 aliphatic heterocycles. The molecule has 1 aliphatic rings. The summed E-state index contributed by atoms with van der Waals surface area (Å²) >= 11 is 8.03. The van der Waals surface area contributed by atoms with Gasteiger partial charge in [0.05, 0.1) is 17.3 Å². The molecule has 1 fully saturated rings. The molecule has 2 N–H and O–H groups in total. The van der Waals surface area contributed by atoms with Gasteiger partial charge >= 0.3 is 0 Å². The van der Waals surface area contributed by atoms with E-state index in [-0.39, 0.29) is 24.1 Å². The number of carbonyl (C=O) groups is 2. The summed E-state index contributed by atoms with van der Waals surface area (Å²) in [6, 6.07) is 3.14. The number of aromatic hydroxyl groups is 1. The van der Waals surface area contributed by atoms with E-state index in [1.54, 1.807) is 21.9 Å². The quantitative estimate of drug-likeness (QED) is 0.558. The number of piperazine rings is 1. The van der Waals surface area contributed by atoms with E-state index in [2.05, 4.69) is 5.32 Å². The molecule has 8 heteroatoms. The number of amides is 2. The molecule has 0 saturated carbocycles. The molecule has 1 aromatic rings. The number of carbonyl (C=O) groups excluding carboxylic acids is 2. The fraction of sp³-hybridized carbons (Fsp3) is 0.429. The Balaban J connectivity index is 1.89. The number of phenols is 1. The van der Waals surface area contributed by atoms with Gasteiger partial charge in [-0.25, -0.2) is 0 Å². The average molecular weight is 438 g/mol. The minimum atomic E-state index is -0.0720. The van der Waals surface area contributed by atoms with Crippen LogP contribution in [0.4, 0.5) is 5.69 Å². The molecule has 0 aromatic heterocycles. The lowest BCUT2D eigenvalue weighted by molar-refractivity contribution is -0.137. The number of nitrogens with zero attached hydrogens (tertiary/aromatic N) is 2. The van der Waals surface area contributed by atoms with E-state index >= 15 is 0 Å². The topological polar surface area (TPSA) is 72.9 Å². The zero-order chi connectivity index (χ0) is 16.3. The third-order valence-electron chi connectivity index (χ3n) is 3.55. The number of nitrogens with one attached hydrogen (secondary N) is 1. The van der Waals surface area contributed by atoms with Crippen molar-refractivity contribution in [3.8, 4) is 5.75 Å². The highest BCUT2D eigenvalue weighted by Crippen LogP contribution is 2.31. The van der Waals surface area contributed by atoms with Gasteiger partial charge in [-0.2, -0.15) is 0 Å². The summed E-state index contributed by atoms with van der Waals surface area (Å²) in [7, 11) is 0. The van der Waals surface area contributed by atoms with Crippen LogP contribution in [0.5, 0.6) is 5.75 Å². The van der Waals surface area contributed by atoms with E-state index in [9.17, 15) is 14.7 Å². The molecule has 1 heterocycles. The zero-order valence-electron chi connectivity index (χ0n) is 12.1. The van der Waals surface area contributed by atoms with Crippen LogP contribution in [0.15, 0.2) is 12.1 Å². The lowest BCUT2D eigenvalue weighted by Crippen LogP contribution is -2.51. The highest BCUT2D eigenvalue weighted by atomic mass is 127. The minimum Gasteiger partial charge on any atom is -0.506 e. The van der Waals surface area contributed by atoms with Crippen LogP contribution < -0.4 is 5.32 Å². The summed E-state index contributed by atoms with van der Waals surface area (Å²) in [5, 5.41) is 13.3. The van der Waals surface area contributed by atoms with Crippen LogP contribution in [-0.2, 0) is 9.59 Å². The summed E-state index contributed by atoms with van der Waals surface area (Å²) in [4.78, 5) is 26.8. The van der Waals surface area contributed by atoms with Gasteiger partial charge in [-0.15, -0.1) is 0 Å². The van der Waals surface area contributed by atoms with Gasteiger partial charge < -0.3 is 20.2 Å². The molecule has 120 valence electrons. The van der Waals surface area contributed by atoms with Gasteiger partial charge in [-0.3, -0.25) is 9.59 Å². The first kappa shape index (κ1) is 17.1. The number of phenolic OH excluding ortho intramolecular Hbond substituents is 1. The number of halogens is 2. The highest BCUT2D eigenvalue weighted by Gasteiger charge is 2.22. The first-order valence-corrected chi connectivity index (χ1v) is 8.29. The van der Waals surface area contributed by atoms with Crippen molar-refractivity contribution in [2.75, 3.05) is 38.0 Å². The summed E-state index contributed by atoms with van der Waals surface area (Å²) in [5.41, 5.74) is 0.432. The summed E-state index contributed by atoms with van der Waals surface area (Å²) in [5.74, 6) is 0.0175. The van der Waals surface area contributed by atoms with Crippen molar-refractivity contribution in [3.63, 3.8) is 0 Å². The fourth-order valence-corrected chi connectivity index (χ4v) is 2.85. The Kier molecular flexibility index (Phi) is 5.74. The number of rotatable bonds is 3. The first-order valence-electron chi connectivity index (χ1n) is 6.83. The Bertz CT molecular complexity index is 589. The predicted molar refractivity (Wildman–Crippen MR) is 93.2 cm³/mol. The van der Waals surface area contributed by atoms with Gasteiger partial charge in [0.1, 0.15) is 5.75 Å². The second-order valence-electron chi connectivity index (χ2n) is 5.02. The van der Waals surface area contributed by atoms with E-state index in [0.717, 1.165) is 3.57 Å². The Morgan fingerprint density at radius 1 is 1.27 bits per heavy atom. The van der Waals surface area contributed by atoms with Crippen molar-refractivity contribution in [1.29, 1.82) is 0 Å². The highest BCUT2D eigenvalue weighted by molar-refractivity contribution is 14.1. The van der Waals surface area contributed by atoms with Crippen LogP contribution in [0.3, 0.4) is 0 Å². The monoisotopic (exact) mass is 437 g/mol. The maximum absolute atomic E-state index is 12.2. The number of hydrogen-bond acceptors (Lipinski definition) is 4. The molecule has 0 bridgehead atoms. The van der Waals surface area contributed by atoms with E-state index in [1.165, 1.54) is 6.92 Å². The van der Waals surface area contributed by atoms with E-state index in [1.807, 2.05) is 22.6 Å². The fourth-order valence-electron chi connectivity index (χ4n) is 2.23. The molecule has 0 radical (unpaired) electrons. The Labute approximate surface area is 147 Å². The van der Waals surface area contributed by atoms with Gasteiger partial charge in [0.25, 0.3) is 0 Å². The maximum Gasteiger partial charge on any atom is 0.241 e. The largest absolute Gasteiger partial charge is 0.506 e. The van der Waals surface area contributed by atoms with Crippen LogP contribution in [0.2, 0.25) is 5.02 Å². The molecule has 2 rings (SSSR count). The van der Waals surface area contributed by atoms with Gasteiger partial charge in [-0.1, -0.05) is 11.6 Å². The third kappa shape index (κ3) is 4.16. The van der Waals surface area contributed by atoms with Gasteiger partial charge in [0, 0.05) is 36.7 Å². The lowest BCUT2D eigenvalue weighted by atomic mass is 10.2. The molecule has 1 saturated heterocycles. The molecule has 0 atom stereocenters. The predicted octanol–water partition coefficient (Wildman–Crippen LogP) is 1.75. The lowest BCUT2D eigenvalue weighted by Gasteiger charge is -2.34. The second-order valence-corrected chi connectivity index (χ2v) is 6.59. The van der Waals surface area contributed by atoms with Crippen molar-refractivity contribution < 1.29 is 14.7 Å². The Hall–Kier alpha value is -1.22. The summed E-state index contributed by atoms with van der Waals surface area (Å²) < 4.78 is 0.744. The van der Waals surface area contributed by atoms with Crippen molar-refractivity contribution in [3.05, 3.63) is 20.7 Å². The van der Waals surface area contributed by atoms with Crippen LogP contribution in [0.25, 0.3) is 0 Å². The molecular weight excluding hydrogens is 421 g/mol. The number of anilines is 1. The van der Waals surface area contributed by atoms with Crippen molar-refractivity contribution in [2.45, 2.75) is 6.92 Å². The molecule has 1 aromatic carbocycles. The van der Waals surface area contributed by atoms with Crippen molar-refractivity contribution in [1.82, 2.24) is 9.80 Å². The minimum absolute atomic E-state index is 0.0312. The standard InChI is InChI=1S/C14H17ClIN3O3/c1-9(20)18-2-4-19(5-3-18)14(22)8-17-12-6-10(15)11(16)7-13(12)21/h6-7,17,21H,2-5,8H2,1H3. The van der Waals surface area contributed by atoms with Crippen molar-refractivity contribution >= 4 is 51.7 Å². The maximum atomic E-state index is 12.2. The van der Waals surface area contributed by atoms with E-state index in [0.29, 0.717) is 36.9 Å². The van der Waals surface area contributed by atoms with E-state index in [4.69, 9.17) is 11.6 Å². The van der Waals surface area contributed by atoms with Crippen LogP contribution >= 0.6 is 34.2 Å². The third-order valence-corrected chi connectivity index (χ3v) is 5.07. The van der Waals surface area contributed by atoms with E-state index < -0.39 is 0 Å². The molecule has 6 nitrogen and oxygen atoms in total. The molecule has 22 heavy (non-hydrogen) atoms. The normalized spacial score (nSPS) is 14.9. The van der Waals surface area contributed by atoms with Gasteiger partial charge in [-0.05, 0) is 34.7 Å². The molecule has 0 aliphatic carbocycles. The molecule has 2 amide bonds. The van der Waals surface area contributed by atoms with Crippen LogP contribution in [-0.4, -0.2) is 59.4 Å². The molecular formula is C14H17ClIN3O3. The SMILES string of the molecule is CC(=O)N1CCN(C(=O)CNc2cc(Cl)c(I)cc2O)CC1. The Morgan fingerprint density at radius 2 is 1.86 bits per heavy atom. The summed E-state index contributed by atoms with van der Waals surface area (Å²) in [6.45, 7) is 3.77. The first-order chi connectivity index (χ1) is 10.4. The van der Waals surface area contributed by atoms with Crippen LogP contribution in [0.1, 0.15) is 6.92 Å². The second kappa shape index (κ2) is 7.36.